The number of rotatable bonds is 19. The molecule has 0 radical (unpaired) electrons. The highest BCUT2D eigenvalue weighted by Gasteiger charge is 2.63. The minimum Gasteiger partial charge on any atom is -0.414 e. The van der Waals surface area contributed by atoms with Crippen molar-refractivity contribution < 1.29 is 50.1 Å². The van der Waals surface area contributed by atoms with Crippen LogP contribution in [0.5, 0.6) is 0 Å². The van der Waals surface area contributed by atoms with E-state index in [1.54, 1.807) is 26.1 Å². The maximum Gasteiger partial charge on any atom is 0.695 e. The van der Waals surface area contributed by atoms with E-state index in [4.69, 9.17) is 47.6 Å². The van der Waals surface area contributed by atoms with Gasteiger partial charge in [-0.2, -0.15) is 10.2 Å². The first kappa shape index (κ1) is 51.4. The Morgan fingerprint density at radius 2 is 1.80 bits per heavy atom. The molecule has 1 amide bonds. The topological polar surface area (TPSA) is 265 Å². The Balaban J connectivity index is 1.44. The van der Waals surface area contributed by atoms with Gasteiger partial charge < -0.3 is 32.1 Å². The molecule has 4 N–H and O–H groups in total. The third kappa shape index (κ3) is 11.5. The molecule has 3 aromatic rings. The second-order valence-electron chi connectivity index (χ2n) is 18.1. The maximum atomic E-state index is 13.5. The number of ether oxygens (including phenoxy) is 1. The lowest BCUT2D eigenvalue weighted by Crippen LogP contribution is -2.65. The fraction of sp³-hybridized carbons (Fsp3) is 0.718. The number of hydrogen-bond donors (Lipinski definition) is 4. The summed E-state index contributed by atoms with van der Waals surface area (Å²) in [7, 11) is -9.34. The molecule has 0 aromatic carbocycles. The molecule has 3 aromatic heterocycles. The number of anilines is 2. The zero-order chi connectivity index (χ0) is 47.4. The molecule has 6 rings (SSSR count). The smallest absolute Gasteiger partial charge is 0.414 e. The SMILES string of the molecule is CC(C)C(=O)Nc1nc2c(ncn2[C@@H]2O[C@@H]3CO[Si](C(C)C)(C(C)C)O[Si](C(C)C)(C(C)C)O[C@H]3[C@@H]2OP(=S)(OCCC#N)OC[C@H]2C[C@@H](Nc3ccncn3)C[C@@H]2O[P+](=O)O)c(=O)[nH]1. The molecule has 2 aliphatic heterocycles. The summed E-state index contributed by atoms with van der Waals surface area (Å²) in [6, 6.07) is 3.57. The fourth-order valence-electron chi connectivity index (χ4n) is 8.74. The molecule has 1 saturated carbocycles. The van der Waals surface area contributed by atoms with E-state index in [0.717, 1.165) is 0 Å². The van der Waals surface area contributed by atoms with Crippen molar-refractivity contribution in [3.05, 3.63) is 35.3 Å². The lowest BCUT2D eigenvalue weighted by Gasteiger charge is -2.51. The summed E-state index contributed by atoms with van der Waals surface area (Å²) in [5.41, 5.74) is -0.629. The number of carbonyl (C=O) groups excluding carboxylic acids is 1. The van der Waals surface area contributed by atoms with Gasteiger partial charge in [-0.15, -0.1) is 9.42 Å². The summed E-state index contributed by atoms with van der Waals surface area (Å²) < 4.78 is 67.8. The third-order valence-corrected chi connectivity index (χ3v) is 25.1. The molecule has 9 atom stereocenters. The second-order valence-corrected chi connectivity index (χ2v) is 30.6. The number of hydrogen-bond acceptors (Lipinski definition) is 18. The first-order valence-electron chi connectivity index (χ1n) is 22.0. The average Bonchev–Trinajstić information content (AvgIpc) is 3.91. The number of nitrogens with one attached hydrogen (secondary N) is 3. The molecule has 3 aliphatic rings. The van der Waals surface area contributed by atoms with E-state index in [-0.39, 0.29) is 77.5 Å². The van der Waals surface area contributed by atoms with Crippen LogP contribution in [-0.2, 0) is 57.0 Å². The molecule has 0 bridgehead atoms. The number of aromatic nitrogens is 6. The Morgan fingerprint density at radius 3 is 2.42 bits per heavy atom. The van der Waals surface area contributed by atoms with Crippen molar-refractivity contribution in [2.45, 2.75) is 147 Å². The molecule has 65 heavy (non-hydrogen) atoms. The van der Waals surface area contributed by atoms with Crippen LogP contribution in [0.4, 0.5) is 11.8 Å². The highest BCUT2D eigenvalue weighted by Crippen LogP contribution is 2.57. The van der Waals surface area contributed by atoms with Crippen LogP contribution >= 0.6 is 15.0 Å². The van der Waals surface area contributed by atoms with Crippen molar-refractivity contribution in [2.75, 3.05) is 30.5 Å². The molecule has 26 heteroatoms. The molecule has 5 heterocycles. The summed E-state index contributed by atoms with van der Waals surface area (Å²) in [6.45, 7) is 16.1. The summed E-state index contributed by atoms with van der Waals surface area (Å²) in [5, 5.41) is 15.6. The van der Waals surface area contributed by atoms with Crippen molar-refractivity contribution in [2.24, 2.45) is 11.8 Å². The Bertz CT molecular complexity index is 2270. The van der Waals surface area contributed by atoms with Crippen LogP contribution in [0, 0.1) is 23.2 Å². The van der Waals surface area contributed by atoms with Crippen molar-refractivity contribution >= 4 is 72.7 Å². The zero-order valence-corrected chi connectivity index (χ0v) is 43.0. The summed E-state index contributed by atoms with van der Waals surface area (Å²) in [6.07, 6.45) is 0.439. The van der Waals surface area contributed by atoms with Crippen LogP contribution in [0.25, 0.3) is 11.2 Å². The molecule has 2 unspecified atom stereocenters. The van der Waals surface area contributed by atoms with Crippen molar-refractivity contribution in [1.29, 1.82) is 5.26 Å². The molecule has 2 saturated heterocycles. The maximum absolute atomic E-state index is 13.5. The lowest BCUT2D eigenvalue weighted by molar-refractivity contribution is -0.118. The minimum absolute atomic E-state index is 0.0283. The van der Waals surface area contributed by atoms with E-state index in [9.17, 15) is 24.3 Å². The van der Waals surface area contributed by atoms with Gasteiger partial charge in [-0.25, -0.2) is 15.0 Å². The van der Waals surface area contributed by atoms with Crippen LogP contribution < -0.4 is 16.2 Å². The van der Waals surface area contributed by atoms with Gasteiger partial charge in [0.1, 0.15) is 36.6 Å². The standard InChI is InChI=1S/C39H61N9O12P2SSi2/c1-22(2)36(49)46-39-45-35-32(37(50)47-39)43-21-48(35)38-34(33-30(56-38)19-55-64(23(3)4,24(5)6)60-65(59-33,25(7)8)26(9)10)58-62(63,53-15-11-13-40)54-18-27-16-28(17-29(27)57-61(51)52)44-31-12-14-41-20-42-31/h12,14,20-30,33-34,38H,11,15-19H2,1-10H3,(H3-,41,42,44,45,46,47,49,50,51,52)/p+1/t27-,28-,29+,30-,33-,34+,38-,62?/m1/s1. The highest BCUT2D eigenvalue weighted by atomic mass is 32.5. The van der Waals surface area contributed by atoms with Gasteiger partial charge in [0.25, 0.3) is 5.56 Å². The molecular formula is C39H62N9O12P2SSi2+. The number of nitrogens with zero attached hydrogens (tertiary/aromatic N) is 6. The number of fused-ring (bicyclic) bond motifs is 2. The van der Waals surface area contributed by atoms with E-state index in [1.165, 1.54) is 17.2 Å². The number of carbonyl (C=O) groups is 1. The normalized spacial score (nSPS) is 26.6. The largest absolute Gasteiger partial charge is 0.695 e. The van der Waals surface area contributed by atoms with Crippen LogP contribution in [0.1, 0.15) is 94.7 Å². The van der Waals surface area contributed by atoms with Crippen molar-refractivity contribution in [1.82, 2.24) is 29.5 Å². The van der Waals surface area contributed by atoms with E-state index in [1.807, 2.05) is 0 Å². The van der Waals surface area contributed by atoms with Crippen LogP contribution in [0.3, 0.4) is 0 Å². The summed E-state index contributed by atoms with van der Waals surface area (Å²) >= 11 is 6.21. The molecule has 358 valence electrons. The van der Waals surface area contributed by atoms with Crippen LogP contribution in [0.15, 0.2) is 29.7 Å². The zero-order valence-electron chi connectivity index (χ0n) is 38.4. The average molecular weight is 999 g/mol. The van der Waals surface area contributed by atoms with Crippen molar-refractivity contribution in [3.63, 3.8) is 0 Å². The quantitative estimate of drug-likeness (QED) is 0.0544. The Kier molecular flexibility index (Phi) is 17.0. The van der Waals surface area contributed by atoms with Crippen LogP contribution in [0.2, 0.25) is 22.2 Å². The van der Waals surface area contributed by atoms with Gasteiger partial charge in [0.15, 0.2) is 17.4 Å². The Labute approximate surface area is 387 Å². The number of H-pyrrole nitrogens is 1. The van der Waals surface area contributed by atoms with Gasteiger partial charge in [-0.3, -0.25) is 29.0 Å². The summed E-state index contributed by atoms with van der Waals surface area (Å²) in [4.78, 5) is 55.9. The first-order valence-corrected chi connectivity index (χ1v) is 29.6. The Hall–Kier alpha value is -2.99. The van der Waals surface area contributed by atoms with Gasteiger partial charge in [-0.1, -0.05) is 69.2 Å². The monoisotopic (exact) mass is 998 g/mol. The first-order chi connectivity index (χ1) is 30.7. The third-order valence-electron chi connectivity index (χ3n) is 12.0. The molecule has 21 nitrogen and oxygen atoms in total. The molecular weight excluding hydrogens is 937 g/mol. The van der Waals surface area contributed by atoms with Gasteiger partial charge in [0.2, 0.25) is 11.9 Å². The van der Waals surface area contributed by atoms with Gasteiger partial charge in [0.05, 0.1) is 38.6 Å². The molecule has 3 fully saturated rings. The van der Waals surface area contributed by atoms with Gasteiger partial charge >= 0.3 is 32.1 Å². The van der Waals surface area contributed by atoms with Crippen LogP contribution in [-0.4, -0.2) is 108 Å². The van der Waals surface area contributed by atoms with E-state index >= 15 is 0 Å². The predicted molar refractivity (Wildman–Crippen MR) is 247 cm³/mol. The van der Waals surface area contributed by atoms with E-state index in [2.05, 4.69) is 97.0 Å². The number of aromatic amines is 1. The minimum atomic E-state index is -3.93. The number of imidazole rings is 1. The number of nitriles is 1. The second kappa shape index (κ2) is 21.5. The van der Waals surface area contributed by atoms with Crippen molar-refractivity contribution in [3.8, 4) is 6.07 Å². The summed E-state index contributed by atoms with van der Waals surface area (Å²) in [5.74, 6) is -0.755. The highest BCUT2D eigenvalue weighted by molar-refractivity contribution is 8.07. The fourth-order valence-corrected chi connectivity index (χ4v) is 22.5. The molecule has 1 aliphatic carbocycles. The van der Waals surface area contributed by atoms with Gasteiger partial charge in [0, 0.05) is 28.6 Å². The van der Waals surface area contributed by atoms with Gasteiger partial charge in [-0.05, 0) is 52.9 Å². The molecule has 0 spiro atoms. The lowest BCUT2D eigenvalue weighted by atomic mass is 10.1. The Morgan fingerprint density at radius 1 is 1.09 bits per heavy atom. The number of amides is 1. The predicted octanol–water partition coefficient (Wildman–Crippen LogP) is 6.84. The van der Waals surface area contributed by atoms with E-state index in [0.29, 0.717) is 18.7 Å². The van der Waals surface area contributed by atoms with E-state index < -0.39 is 80.1 Å².